The standard InChI is InChI=1S/C16H18O4/c1-2-12-6-3-4-9-15(12)19-11-16(18)20-14-8-5-7-13(17)10-14/h2-4,6,9,14H,1,5,7-8,10-11H2. The third-order valence-electron chi connectivity index (χ3n) is 3.22. The zero-order valence-corrected chi connectivity index (χ0v) is 11.3. The molecule has 4 nitrogen and oxygen atoms in total. The van der Waals surface area contributed by atoms with Crippen LogP contribution in [-0.2, 0) is 14.3 Å². The smallest absolute Gasteiger partial charge is 0.344 e. The minimum absolute atomic E-state index is 0.157. The first kappa shape index (κ1) is 14.3. The summed E-state index contributed by atoms with van der Waals surface area (Å²) >= 11 is 0. The molecule has 106 valence electrons. The second-order valence-corrected chi connectivity index (χ2v) is 4.78. The van der Waals surface area contributed by atoms with E-state index in [0.29, 0.717) is 18.6 Å². The van der Waals surface area contributed by atoms with Gasteiger partial charge in [0.2, 0.25) is 0 Å². The van der Waals surface area contributed by atoms with Gasteiger partial charge in [0.25, 0.3) is 0 Å². The molecular weight excluding hydrogens is 256 g/mol. The Bertz CT molecular complexity index is 507. The first-order valence-corrected chi connectivity index (χ1v) is 6.74. The summed E-state index contributed by atoms with van der Waals surface area (Å²) in [4.78, 5) is 23.0. The maximum absolute atomic E-state index is 11.7. The number of para-hydroxylation sites is 1. The van der Waals surface area contributed by atoms with Gasteiger partial charge in [-0.3, -0.25) is 4.79 Å². The quantitative estimate of drug-likeness (QED) is 0.775. The van der Waals surface area contributed by atoms with Crippen LogP contribution in [0, 0.1) is 0 Å². The summed E-state index contributed by atoms with van der Waals surface area (Å²) in [5.74, 6) is 0.315. The minimum Gasteiger partial charge on any atom is -0.481 e. The molecule has 0 saturated heterocycles. The maximum Gasteiger partial charge on any atom is 0.344 e. The van der Waals surface area contributed by atoms with E-state index in [9.17, 15) is 9.59 Å². The van der Waals surface area contributed by atoms with E-state index in [4.69, 9.17) is 9.47 Å². The van der Waals surface area contributed by atoms with E-state index in [0.717, 1.165) is 18.4 Å². The predicted octanol–water partition coefficient (Wildman–Crippen LogP) is 2.76. The van der Waals surface area contributed by atoms with Gasteiger partial charge in [-0.2, -0.15) is 0 Å². The van der Waals surface area contributed by atoms with Crippen LogP contribution in [0.3, 0.4) is 0 Å². The van der Waals surface area contributed by atoms with Crippen molar-refractivity contribution in [2.75, 3.05) is 6.61 Å². The molecule has 0 amide bonds. The van der Waals surface area contributed by atoms with Crippen LogP contribution in [0.15, 0.2) is 30.8 Å². The lowest BCUT2D eigenvalue weighted by Crippen LogP contribution is -2.28. The van der Waals surface area contributed by atoms with Crippen molar-refractivity contribution >= 4 is 17.8 Å². The van der Waals surface area contributed by atoms with E-state index >= 15 is 0 Å². The molecule has 0 heterocycles. The van der Waals surface area contributed by atoms with E-state index in [1.807, 2.05) is 18.2 Å². The Morgan fingerprint density at radius 2 is 2.20 bits per heavy atom. The summed E-state index contributed by atoms with van der Waals surface area (Å²) in [6, 6.07) is 7.32. The fourth-order valence-corrected chi connectivity index (χ4v) is 2.22. The van der Waals surface area contributed by atoms with Crippen molar-refractivity contribution in [3.8, 4) is 5.75 Å². The lowest BCUT2D eigenvalue weighted by Gasteiger charge is -2.21. The summed E-state index contributed by atoms with van der Waals surface area (Å²) in [5.41, 5.74) is 0.827. The lowest BCUT2D eigenvalue weighted by atomic mass is 9.96. The van der Waals surface area contributed by atoms with Gasteiger partial charge in [-0.15, -0.1) is 0 Å². The van der Waals surface area contributed by atoms with Crippen LogP contribution in [0.1, 0.15) is 31.2 Å². The fraction of sp³-hybridized carbons (Fsp3) is 0.375. The van der Waals surface area contributed by atoms with Crippen molar-refractivity contribution in [1.82, 2.24) is 0 Å². The van der Waals surface area contributed by atoms with Crippen molar-refractivity contribution in [3.05, 3.63) is 36.4 Å². The number of ketones is 1. The van der Waals surface area contributed by atoms with Crippen LogP contribution < -0.4 is 4.74 Å². The van der Waals surface area contributed by atoms with Gasteiger partial charge in [-0.25, -0.2) is 4.79 Å². The molecular formula is C16H18O4. The van der Waals surface area contributed by atoms with Gasteiger partial charge in [-0.1, -0.05) is 30.9 Å². The average Bonchev–Trinajstić information content (AvgIpc) is 2.45. The SMILES string of the molecule is C=Cc1ccccc1OCC(=O)OC1CCCC(=O)C1. The van der Waals surface area contributed by atoms with Gasteiger partial charge in [0.15, 0.2) is 6.61 Å². The Labute approximate surface area is 118 Å². The molecule has 20 heavy (non-hydrogen) atoms. The fourth-order valence-electron chi connectivity index (χ4n) is 2.22. The maximum atomic E-state index is 11.7. The molecule has 1 fully saturated rings. The normalized spacial score (nSPS) is 18.4. The Balaban J connectivity index is 1.83. The lowest BCUT2D eigenvalue weighted by molar-refractivity contribution is -0.153. The monoisotopic (exact) mass is 274 g/mol. The number of ether oxygens (including phenoxy) is 2. The molecule has 1 unspecified atom stereocenters. The van der Waals surface area contributed by atoms with E-state index < -0.39 is 5.97 Å². The average molecular weight is 274 g/mol. The molecule has 0 radical (unpaired) electrons. The van der Waals surface area contributed by atoms with Crippen molar-refractivity contribution in [2.24, 2.45) is 0 Å². The molecule has 1 aromatic rings. The molecule has 1 aliphatic carbocycles. The summed E-state index contributed by atoms with van der Waals surface area (Å²) in [6.45, 7) is 3.53. The van der Waals surface area contributed by atoms with E-state index in [2.05, 4.69) is 6.58 Å². The van der Waals surface area contributed by atoms with Gasteiger partial charge in [0, 0.05) is 18.4 Å². The summed E-state index contributed by atoms with van der Waals surface area (Å²) in [5, 5.41) is 0. The number of esters is 1. The molecule has 1 aliphatic rings. The van der Waals surface area contributed by atoms with Gasteiger partial charge in [0.05, 0.1) is 0 Å². The minimum atomic E-state index is -0.441. The Morgan fingerprint density at radius 1 is 1.40 bits per heavy atom. The molecule has 0 spiro atoms. The molecule has 0 aromatic heterocycles. The summed E-state index contributed by atoms with van der Waals surface area (Å²) < 4.78 is 10.7. The molecule has 4 heteroatoms. The molecule has 1 atom stereocenters. The zero-order chi connectivity index (χ0) is 14.4. The number of carbonyl (C=O) groups excluding carboxylic acids is 2. The van der Waals surface area contributed by atoms with Crippen LogP contribution in [0.2, 0.25) is 0 Å². The van der Waals surface area contributed by atoms with E-state index in [1.54, 1.807) is 12.1 Å². The number of hydrogen-bond acceptors (Lipinski definition) is 4. The van der Waals surface area contributed by atoms with Crippen LogP contribution in [0.5, 0.6) is 5.75 Å². The predicted molar refractivity (Wildman–Crippen MR) is 75.4 cm³/mol. The molecule has 2 rings (SSSR count). The summed E-state index contributed by atoms with van der Waals surface area (Å²) in [6.07, 6.45) is 3.84. The molecule has 0 aliphatic heterocycles. The van der Waals surface area contributed by atoms with Gasteiger partial charge in [0.1, 0.15) is 17.6 Å². The van der Waals surface area contributed by atoms with Gasteiger partial charge in [-0.05, 0) is 18.9 Å². The topological polar surface area (TPSA) is 52.6 Å². The summed E-state index contributed by atoms with van der Waals surface area (Å²) in [7, 11) is 0. The first-order valence-electron chi connectivity index (χ1n) is 6.74. The third kappa shape index (κ3) is 3.95. The van der Waals surface area contributed by atoms with Crippen molar-refractivity contribution in [1.29, 1.82) is 0 Å². The largest absolute Gasteiger partial charge is 0.481 e. The van der Waals surface area contributed by atoms with Crippen LogP contribution >= 0.6 is 0 Å². The Morgan fingerprint density at radius 3 is 2.95 bits per heavy atom. The van der Waals surface area contributed by atoms with Crippen LogP contribution in [0.25, 0.3) is 6.08 Å². The number of Topliss-reactive ketones (excluding diaryl/α,β-unsaturated/α-hetero) is 1. The number of benzene rings is 1. The molecule has 0 N–H and O–H groups in total. The highest BCUT2D eigenvalue weighted by atomic mass is 16.6. The highest BCUT2D eigenvalue weighted by molar-refractivity contribution is 5.80. The van der Waals surface area contributed by atoms with E-state index in [-0.39, 0.29) is 18.5 Å². The van der Waals surface area contributed by atoms with Gasteiger partial charge >= 0.3 is 5.97 Å². The highest BCUT2D eigenvalue weighted by Gasteiger charge is 2.22. The number of rotatable bonds is 5. The number of carbonyl (C=O) groups is 2. The molecule has 0 bridgehead atoms. The van der Waals surface area contributed by atoms with Crippen molar-refractivity contribution in [2.45, 2.75) is 31.8 Å². The van der Waals surface area contributed by atoms with E-state index in [1.165, 1.54) is 0 Å². The number of hydrogen-bond donors (Lipinski definition) is 0. The molecule has 1 saturated carbocycles. The first-order chi connectivity index (χ1) is 9.69. The second-order valence-electron chi connectivity index (χ2n) is 4.78. The van der Waals surface area contributed by atoms with Crippen LogP contribution in [0.4, 0.5) is 0 Å². The third-order valence-corrected chi connectivity index (χ3v) is 3.22. The van der Waals surface area contributed by atoms with Crippen molar-refractivity contribution < 1.29 is 19.1 Å². The van der Waals surface area contributed by atoms with Crippen molar-refractivity contribution in [3.63, 3.8) is 0 Å². The Kier molecular flexibility index (Phi) is 4.93. The zero-order valence-electron chi connectivity index (χ0n) is 11.3. The second kappa shape index (κ2) is 6.89. The van der Waals surface area contributed by atoms with Crippen LogP contribution in [-0.4, -0.2) is 24.5 Å². The Hall–Kier alpha value is -2.10. The molecule has 1 aromatic carbocycles. The van der Waals surface area contributed by atoms with Gasteiger partial charge < -0.3 is 9.47 Å². The highest BCUT2D eigenvalue weighted by Crippen LogP contribution is 2.20.